The van der Waals surface area contributed by atoms with Crippen LogP contribution in [0.3, 0.4) is 0 Å². The van der Waals surface area contributed by atoms with Gasteiger partial charge in [-0.3, -0.25) is 0 Å². The van der Waals surface area contributed by atoms with E-state index < -0.39 is 0 Å². The predicted octanol–water partition coefficient (Wildman–Crippen LogP) is 0.422. The van der Waals surface area contributed by atoms with Gasteiger partial charge in [0.05, 0.1) is 0 Å². The number of likely N-dealkylation sites (N-methyl/N-ethyl adjacent to an activating group) is 1. The number of likely N-dealkylation sites (tertiary alicyclic amines) is 1. The topological polar surface area (TPSA) is 27.3 Å². The maximum Gasteiger partial charge on any atom is 0.0217 e. The van der Waals surface area contributed by atoms with Gasteiger partial charge in [0.1, 0.15) is 0 Å². The molecule has 2 aliphatic rings. The van der Waals surface area contributed by atoms with E-state index >= 15 is 0 Å². The second-order valence-corrected chi connectivity index (χ2v) is 4.73. The third-order valence-corrected chi connectivity index (χ3v) is 3.62. The highest BCUT2D eigenvalue weighted by Crippen LogP contribution is 2.14. The number of nitrogens with zero attached hydrogens (tertiary/aromatic N) is 1. The minimum Gasteiger partial charge on any atom is -0.315 e. The van der Waals surface area contributed by atoms with Gasteiger partial charge in [0, 0.05) is 25.2 Å². The SMILES string of the molecule is CN1CCCCC1CNC1CCNC1. The van der Waals surface area contributed by atoms with E-state index in [2.05, 4.69) is 22.6 Å². The maximum absolute atomic E-state index is 3.68. The van der Waals surface area contributed by atoms with Gasteiger partial charge in [0.2, 0.25) is 0 Å². The Hall–Kier alpha value is -0.120. The molecule has 0 saturated carbocycles. The molecule has 0 amide bonds. The van der Waals surface area contributed by atoms with Crippen molar-refractivity contribution in [2.75, 3.05) is 33.2 Å². The van der Waals surface area contributed by atoms with Crippen LogP contribution in [-0.4, -0.2) is 50.2 Å². The van der Waals surface area contributed by atoms with Gasteiger partial charge in [-0.2, -0.15) is 0 Å². The Morgan fingerprint density at radius 1 is 1.36 bits per heavy atom. The van der Waals surface area contributed by atoms with Crippen LogP contribution in [-0.2, 0) is 0 Å². The molecule has 2 saturated heterocycles. The summed E-state index contributed by atoms with van der Waals surface area (Å²) in [6.45, 7) is 4.83. The lowest BCUT2D eigenvalue weighted by atomic mass is 10.0. The molecule has 14 heavy (non-hydrogen) atoms. The molecular formula is C11H23N3. The first-order chi connectivity index (χ1) is 6.86. The van der Waals surface area contributed by atoms with Crippen molar-refractivity contribution in [3.63, 3.8) is 0 Å². The fraction of sp³-hybridized carbons (Fsp3) is 1.00. The van der Waals surface area contributed by atoms with Gasteiger partial charge < -0.3 is 15.5 Å². The molecule has 0 bridgehead atoms. The molecule has 2 rings (SSSR count). The maximum atomic E-state index is 3.68. The van der Waals surface area contributed by atoms with Crippen LogP contribution in [0.2, 0.25) is 0 Å². The van der Waals surface area contributed by atoms with Crippen LogP contribution in [0.5, 0.6) is 0 Å². The first-order valence-electron chi connectivity index (χ1n) is 6.00. The number of piperidine rings is 1. The minimum atomic E-state index is 0.727. The van der Waals surface area contributed by atoms with Gasteiger partial charge in [-0.05, 0) is 39.4 Å². The molecule has 82 valence electrons. The van der Waals surface area contributed by atoms with Crippen LogP contribution in [0.4, 0.5) is 0 Å². The summed E-state index contributed by atoms with van der Waals surface area (Å²) >= 11 is 0. The molecule has 2 heterocycles. The summed E-state index contributed by atoms with van der Waals surface area (Å²) in [5.41, 5.74) is 0. The van der Waals surface area contributed by atoms with Crippen molar-refractivity contribution in [1.82, 2.24) is 15.5 Å². The molecule has 2 N–H and O–H groups in total. The molecular weight excluding hydrogens is 174 g/mol. The molecule has 0 aliphatic carbocycles. The van der Waals surface area contributed by atoms with Gasteiger partial charge in [-0.1, -0.05) is 6.42 Å². The normalized spacial score (nSPS) is 34.9. The zero-order valence-electron chi connectivity index (χ0n) is 9.26. The zero-order valence-corrected chi connectivity index (χ0v) is 9.26. The number of hydrogen-bond donors (Lipinski definition) is 2. The molecule has 3 nitrogen and oxygen atoms in total. The van der Waals surface area contributed by atoms with Crippen molar-refractivity contribution >= 4 is 0 Å². The van der Waals surface area contributed by atoms with Gasteiger partial charge in [-0.15, -0.1) is 0 Å². The van der Waals surface area contributed by atoms with Crippen LogP contribution in [0.15, 0.2) is 0 Å². The zero-order chi connectivity index (χ0) is 9.80. The lowest BCUT2D eigenvalue weighted by molar-refractivity contribution is 0.178. The summed E-state index contributed by atoms with van der Waals surface area (Å²) in [6.07, 6.45) is 5.48. The Morgan fingerprint density at radius 2 is 2.29 bits per heavy atom. The van der Waals surface area contributed by atoms with E-state index in [1.807, 2.05) is 0 Å². The number of hydrogen-bond acceptors (Lipinski definition) is 3. The first-order valence-corrected chi connectivity index (χ1v) is 6.00. The molecule has 0 aromatic heterocycles. The van der Waals surface area contributed by atoms with Crippen LogP contribution in [0, 0.1) is 0 Å². The third kappa shape index (κ3) is 2.69. The Kier molecular flexibility index (Phi) is 3.79. The molecule has 2 unspecified atom stereocenters. The predicted molar refractivity (Wildman–Crippen MR) is 59.5 cm³/mol. The lowest BCUT2D eigenvalue weighted by Gasteiger charge is -2.33. The molecule has 2 aliphatic heterocycles. The van der Waals surface area contributed by atoms with E-state index in [1.165, 1.54) is 45.3 Å². The monoisotopic (exact) mass is 197 g/mol. The fourth-order valence-electron chi connectivity index (χ4n) is 2.53. The van der Waals surface area contributed by atoms with Gasteiger partial charge in [0.25, 0.3) is 0 Å². The second kappa shape index (κ2) is 5.10. The van der Waals surface area contributed by atoms with Crippen LogP contribution < -0.4 is 10.6 Å². The van der Waals surface area contributed by atoms with E-state index in [9.17, 15) is 0 Å². The van der Waals surface area contributed by atoms with Gasteiger partial charge >= 0.3 is 0 Å². The van der Waals surface area contributed by atoms with Crippen LogP contribution >= 0.6 is 0 Å². The molecule has 2 atom stereocenters. The molecule has 0 aromatic rings. The highest BCUT2D eigenvalue weighted by atomic mass is 15.2. The Bertz CT molecular complexity index is 166. The molecule has 0 spiro atoms. The van der Waals surface area contributed by atoms with E-state index in [0.29, 0.717) is 0 Å². The van der Waals surface area contributed by atoms with Crippen LogP contribution in [0.1, 0.15) is 25.7 Å². The molecule has 3 heteroatoms. The van der Waals surface area contributed by atoms with E-state index in [4.69, 9.17) is 0 Å². The second-order valence-electron chi connectivity index (χ2n) is 4.73. The van der Waals surface area contributed by atoms with E-state index in [-0.39, 0.29) is 0 Å². The van der Waals surface area contributed by atoms with Crippen molar-refractivity contribution in [2.24, 2.45) is 0 Å². The van der Waals surface area contributed by atoms with Crippen molar-refractivity contribution in [3.05, 3.63) is 0 Å². The van der Waals surface area contributed by atoms with E-state index in [0.717, 1.165) is 18.6 Å². The number of rotatable bonds is 3. The quantitative estimate of drug-likeness (QED) is 0.687. The Labute approximate surface area is 87.2 Å². The largest absolute Gasteiger partial charge is 0.315 e. The summed E-state index contributed by atoms with van der Waals surface area (Å²) < 4.78 is 0. The fourth-order valence-corrected chi connectivity index (χ4v) is 2.53. The third-order valence-electron chi connectivity index (χ3n) is 3.62. The average molecular weight is 197 g/mol. The molecule has 0 radical (unpaired) electrons. The standard InChI is InChI=1S/C11H23N3/c1-14-7-3-2-4-11(14)9-13-10-5-6-12-8-10/h10-13H,2-9H2,1H3. The first kappa shape index (κ1) is 10.4. The van der Waals surface area contributed by atoms with E-state index in [1.54, 1.807) is 0 Å². The molecule has 2 fully saturated rings. The summed E-state index contributed by atoms with van der Waals surface area (Å²) in [5.74, 6) is 0. The summed E-state index contributed by atoms with van der Waals surface area (Å²) in [4.78, 5) is 2.51. The van der Waals surface area contributed by atoms with Gasteiger partial charge in [0.15, 0.2) is 0 Å². The van der Waals surface area contributed by atoms with Crippen molar-refractivity contribution in [1.29, 1.82) is 0 Å². The van der Waals surface area contributed by atoms with Crippen LogP contribution in [0.25, 0.3) is 0 Å². The highest BCUT2D eigenvalue weighted by molar-refractivity contribution is 4.82. The average Bonchev–Trinajstić information content (AvgIpc) is 2.69. The number of nitrogens with one attached hydrogen (secondary N) is 2. The van der Waals surface area contributed by atoms with Gasteiger partial charge in [-0.25, -0.2) is 0 Å². The van der Waals surface area contributed by atoms with Crippen molar-refractivity contribution in [2.45, 2.75) is 37.8 Å². The lowest BCUT2D eigenvalue weighted by Crippen LogP contribution is -2.46. The Morgan fingerprint density at radius 3 is 3.00 bits per heavy atom. The van der Waals surface area contributed by atoms with Crippen molar-refractivity contribution in [3.8, 4) is 0 Å². The summed E-state index contributed by atoms with van der Waals surface area (Å²) in [7, 11) is 2.26. The summed E-state index contributed by atoms with van der Waals surface area (Å²) in [5, 5.41) is 7.07. The Balaban J connectivity index is 1.67. The van der Waals surface area contributed by atoms with Crippen molar-refractivity contribution < 1.29 is 0 Å². The highest BCUT2D eigenvalue weighted by Gasteiger charge is 2.20. The minimum absolute atomic E-state index is 0.727. The smallest absolute Gasteiger partial charge is 0.0217 e. The summed E-state index contributed by atoms with van der Waals surface area (Å²) in [6, 6.07) is 1.51. The molecule has 0 aromatic carbocycles.